The SMILES string of the molecule is Cl.Cn1cnc(S(=O)(=O)NCC(=O)NCC(F)(F)CN)c1. The number of carbonyl (C=O) groups excluding carboxylic acids is 1. The van der Waals surface area contributed by atoms with Crippen molar-refractivity contribution in [2.75, 3.05) is 19.6 Å². The zero-order valence-corrected chi connectivity index (χ0v) is 12.7. The van der Waals surface area contributed by atoms with Gasteiger partial charge in [0.05, 0.1) is 26.0 Å². The lowest BCUT2D eigenvalue weighted by Gasteiger charge is -2.14. The molecule has 0 saturated carbocycles. The molecule has 1 aromatic heterocycles. The van der Waals surface area contributed by atoms with Crippen LogP contribution in [-0.4, -0.2) is 49.4 Å². The van der Waals surface area contributed by atoms with E-state index in [0.29, 0.717) is 0 Å². The molecule has 0 atom stereocenters. The Morgan fingerprint density at radius 1 is 1.52 bits per heavy atom. The van der Waals surface area contributed by atoms with Crippen LogP contribution in [-0.2, 0) is 21.9 Å². The lowest BCUT2D eigenvalue weighted by molar-refractivity contribution is -0.121. The van der Waals surface area contributed by atoms with E-state index in [1.165, 1.54) is 17.1 Å². The highest BCUT2D eigenvalue weighted by Crippen LogP contribution is 2.08. The van der Waals surface area contributed by atoms with Crippen LogP contribution in [0.5, 0.6) is 0 Å². The average molecular weight is 348 g/mol. The standard InChI is InChI=1S/C9H15F2N5O3S.ClH/c1-16-3-8(14-6-16)20(18,19)15-2-7(17)13-5-9(10,11)4-12;/h3,6,15H,2,4-5,12H2,1H3,(H,13,17);1H. The largest absolute Gasteiger partial charge is 0.349 e. The van der Waals surface area contributed by atoms with Gasteiger partial charge in [-0.3, -0.25) is 4.79 Å². The molecule has 1 heterocycles. The summed E-state index contributed by atoms with van der Waals surface area (Å²) in [7, 11) is -2.37. The van der Waals surface area contributed by atoms with Gasteiger partial charge in [-0.05, 0) is 0 Å². The summed E-state index contributed by atoms with van der Waals surface area (Å²) in [5, 5.41) is 1.62. The van der Waals surface area contributed by atoms with Crippen molar-refractivity contribution in [3.8, 4) is 0 Å². The summed E-state index contributed by atoms with van der Waals surface area (Å²) in [6.45, 7) is -2.53. The van der Waals surface area contributed by atoms with E-state index in [2.05, 4.69) is 4.98 Å². The summed E-state index contributed by atoms with van der Waals surface area (Å²) >= 11 is 0. The summed E-state index contributed by atoms with van der Waals surface area (Å²) in [6, 6.07) is 0. The normalized spacial score (nSPS) is 11.8. The molecule has 0 fully saturated rings. The molecule has 1 amide bonds. The number of carbonyl (C=O) groups is 1. The van der Waals surface area contributed by atoms with E-state index >= 15 is 0 Å². The lowest BCUT2D eigenvalue weighted by Crippen LogP contribution is -2.45. The van der Waals surface area contributed by atoms with Crippen molar-refractivity contribution in [1.82, 2.24) is 19.6 Å². The van der Waals surface area contributed by atoms with Gasteiger partial charge in [-0.1, -0.05) is 0 Å². The maximum absolute atomic E-state index is 12.8. The number of sulfonamides is 1. The number of amides is 1. The minimum Gasteiger partial charge on any atom is -0.349 e. The molecule has 0 aliphatic rings. The highest BCUT2D eigenvalue weighted by atomic mass is 35.5. The number of halogens is 3. The van der Waals surface area contributed by atoms with Gasteiger partial charge in [-0.15, -0.1) is 12.4 Å². The van der Waals surface area contributed by atoms with E-state index < -0.39 is 41.5 Å². The van der Waals surface area contributed by atoms with Crippen molar-refractivity contribution in [3.63, 3.8) is 0 Å². The Balaban J connectivity index is 0.00000400. The maximum atomic E-state index is 12.8. The third kappa shape index (κ3) is 6.33. The Morgan fingerprint density at radius 2 is 2.14 bits per heavy atom. The molecular formula is C9H16ClF2N5O3S. The quantitative estimate of drug-likeness (QED) is 0.574. The Hall–Kier alpha value is -1.30. The summed E-state index contributed by atoms with van der Waals surface area (Å²) in [4.78, 5) is 14.9. The number of hydrogen-bond donors (Lipinski definition) is 3. The van der Waals surface area contributed by atoms with Crippen molar-refractivity contribution in [1.29, 1.82) is 0 Å². The Labute approximate surface area is 126 Å². The molecule has 0 saturated heterocycles. The van der Waals surface area contributed by atoms with Crippen LogP contribution in [0, 0.1) is 0 Å². The second kappa shape index (κ2) is 7.64. The second-order valence-electron chi connectivity index (χ2n) is 4.04. The van der Waals surface area contributed by atoms with Gasteiger partial charge in [0.1, 0.15) is 0 Å². The van der Waals surface area contributed by atoms with Crippen LogP contribution in [0.3, 0.4) is 0 Å². The van der Waals surface area contributed by atoms with Crippen LogP contribution in [0.2, 0.25) is 0 Å². The molecule has 8 nitrogen and oxygen atoms in total. The second-order valence-corrected chi connectivity index (χ2v) is 5.75. The first kappa shape index (κ1) is 19.7. The van der Waals surface area contributed by atoms with Crippen LogP contribution in [0.4, 0.5) is 8.78 Å². The molecule has 0 unspecified atom stereocenters. The molecule has 12 heteroatoms. The molecule has 0 aromatic carbocycles. The van der Waals surface area contributed by atoms with Gasteiger partial charge in [0.2, 0.25) is 5.91 Å². The smallest absolute Gasteiger partial charge is 0.277 e. The fourth-order valence-electron chi connectivity index (χ4n) is 1.12. The molecule has 21 heavy (non-hydrogen) atoms. The number of alkyl halides is 2. The predicted molar refractivity (Wildman–Crippen MR) is 72.7 cm³/mol. The molecule has 0 radical (unpaired) electrons. The fraction of sp³-hybridized carbons (Fsp3) is 0.556. The zero-order valence-electron chi connectivity index (χ0n) is 11.0. The first-order chi connectivity index (χ1) is 9.16. The van der Waals surface area contributed by atoms with E-state index in [1.807, 2.05) is 10.0 Å². The fourth-order valence-corrected chi connectivity index (χ4v) is 2.08. The topological polar surface area (TPSA) is 119 Å². The highest BCUT2D eigenvalue weighted by molar-refractivity contribution is 7.89. The van der Waals surface area contributed by atoms with Crippen molar-refractivity contribution in [2.45, 2.75) is 10.9 Å². The van der Waals surface area contributed by atoms with Gasteiger partial charge < -0.3 is 15.6 Å². The van der Waals surface area contributed by atoms with Gasteiger partial charge in [-0.25, -0.2) is 26.9 Å². The maximum Gasteiger partial charge on any atom is 0.277 e. The number of aryl methyl sites for hydroxylation is 1. The predicted octanol–water partition coefficient (Wildman–Crippen LogP) is -1.17. The van der Waals surface area contributed by atoms with Crippen LogP contribution in [0.1, 0.15) is 0 Å². The van der Waals surface area contributed by atoms with Gasteiger partial charge >= 0.3 is 0 Å². The van der Waals surface area contributed by atoms with Gasteiger partial charge in [0, 0.05) is 13.2 Å². The van der Waals surface area contributed by atoms with Crippen molar-refractivity contribution in [2.24, 2.45) is 12.8 Å². The highest BCUT2D eigenvalue weighted by Gasteiger charge is 2.27. The van der Waals surface area contributed by atoms with Crippen LogP contribution in [0.15, 0.2) is 17.6 Å². The number of nitrogens with one attached hydrogen (secondary N) is 2. The van der Waals surface area contributed by atoms with Crippen molar-refractivity contribution >= 4 is 28.3 Å². The lowest BCUT2D eigenvalue weighted by atomic mass is 10.3. The first-order valence-electron chi connectivity index (χ1n) is 5.48. The van der Waals surface area contributed by atoms with Gasteiger partial charge in [0.25, 0.3) is 15.9 Å². The summed E-state index contributed by atoms with van der Waals surface area (Å²) in [5.41, 5.74) is 4.79. The molecule has 0 spiro atoms. The third-order valence-corrected chi connectivity index (χ3v) is 3.51. The number of rotatable bonds is 7. The number of hydrogen-bond acceptors (Lipinski definition) is 5. The number of nitrogens with zero attached hydrogens (tertiary/aromatic N) is 2. The third-order valence-electron chi connectivity index (χ3n) is 2.22. The van der Waals surface area contributed by atoms with E-state index in [0.717, 1.165) is 0 Å². The Morgan fingerprint density at radius 3 is 2.62 bits per heavy atom. The van der Waals surface area contributed by atoms with Crippen molar-refractivity contribution in [3.05, 3.63) is 12.5 Å². The van der Waals surface area contributed by atoms with E-state index in [-0.39, 0.29) is 17.4 Å². The van der Waals surface area contributed by atoms with E-state index in [1.54, 1.807) is 7.05 Å². The Bertz CT molecular complexity index is 578. The molecule has 0 aliphatic heterocycles. The molecule has 122 valence electrons. The van der Waals surface area contributed by atoms with E-state index in [4.69, 9.17) is 5.73 Å². The number of imidazole rings is 1. The summed E-state index contributed by atoms with van der Waals surface area (Å²) in [5.74, 6) is -4.12. The molecule has 0 bridgehead atoms. The van der Waals surface area contributed by atoms with Gasteiger partial charge in [-0.2, -0.15) is 0 Å². The molecule has 4 N–H and O–H groups in total. The molecular weight excluding hydrogens is 332 g/mol. The molecule has 0 aliphatic carbocycles. The van der Waals surface area contributed by atoms with Crippen LogP contribution < -0.4 is 15.8 Å². The minimum atomic E-state index is -3.95. The Kier molecular flexibility index (Phi) is 7.16. The van der Waals surface area contributed by atoms with E-state index in [9.17, 15) is 22.0 Å². The van der Waals surface area contributed by atoms with Gasteiger partial charge in [0.15, 0.2) is 5.03 Å². The van der Waals surface area contributed by atoms with Crippen molar-refractivity contribution < 1.29 is 22.0 Å². The molecule has 1 rings (SSSR count). The number of aromatic nitrogens is 2. The molecule has 1 aromatic rings. The first-order valence-corrected chi connectivity index (χ1v) is 6.97. The number of nitrogens with two attached hydrogens (primary N) is 1. The summed E-state index contributed by atoms with van der Waals surface area (Å²) < 4.78 is 52.2. The van der Waals surface area contributed by atoms with Crippen LogP contribution >= 0.6 is 12.4 Å². The zero-order chi connectivity index (χ0) is 15.4. The minimum absolute atomic E-state index is 0. The average Bonchev–Trinajstić information content (AvgIpc) is 2.82. The summed E-state index contributed by atoms with van der Waals surface area (Å²) in [6.07, 6.45) is 2.51. The van der Waals surface area contributed by atoms with Crippen LogP contribution in [0.25, 0.3) is 0 Å². The monoisotopic (exact) mass is 347 g/mol.